The van der Waals surface area contributed by atoms with E-state index in [4.69, 9.17) is 27.9 Å². The number of rotatable bonds is 11. The molecule has 3 fully saturated rings. The quantitative estimate of drug-likeness (QED) is 0.351. The van der Waals surface area contributed by atoms with Crippen molar-refractivity contribution in [2.75, 3.05) is 39.3 Å². The van der Waals surface area contributed by atoms with Gasteiger partial charge in [0.05, 0.1) is 16.6 Å². The maximum absolute atomic E-state index is 12.9. The number of piperidine rings is 1. The van der Waals surface area contributed by atoms with Crippen molar-refractivity contribution in [1.29, 1.82) is 0 Å². The Morgan fingerprint density at radius 1 is 1.10 bits per heavy atom. The molecule has 1 amide bonds. The summed E-state index contributed by atoms with van der Waals surface area (Å²) in [5.41, 5.74) is 1.33. The van der Waals surface area contributed by atoms with E-state index in [0.717, 1.165) is 45.3 Å². The Morgan fingerprint density at radius 2 is 1.90 bits per heavy atom. The molecule has 2 unspecified atom stereocenters. The zero-order valence-corrected chi connectivity index (χ0v) is 24.5. The van der Waals surface area contributed by atoms with E-state index in [-0.39, 0.29) is 18.2 Å². The number of ether oxygens (including phenoxy) is 1. The number of benzene rings is 2. The summed E-state index contributed by atoms with van der Waals surface area (Å²) < 4.78 is 6.80. The predicted molar refractivity (Wildman–Crippen MR) is 159 cm³/mol. The maximum atomic E-state index is 12.9. The fourth-order valence-electron chi connectivity index (χ4n) is 6.42. The summed E-state index contributed by atoms with van der Waals surface area (Å²) in [5, 5.41) is 7.77. The molecule has 212 valence electrons. The lowest BCUT2D eigenvalue weighted by Crippen LogP contribution is -2.55. The first-order chi connectivity index (χ1) is 19.0. The van der Waals surface area contributed by atoms with Crippen LogP contribution in [0.1, 0.15) is 73.7 Å². The van der Waals surface area contributed by atoms with Crippen LogP contribution in [0.3, 0.4) is 0 Å². The maximum Gasteiger partial charge on any atom is 0.251 e. The van der Waals surface area contributed by atoms with E-state index in [1.165, 1.54) is 37.9 Å². The van der Waals surface area contributed by atoms with Crippen LogP contribution >= 0.6 is 23.2 Å². The molecule has 0 radical (unpaired) electrons. The first-order valence-corrected chi connectivity index (χ1v) is 15.4. The minimum atomic E-state index is -0.558. The topological polar surface area (TPSA) is 56.8 Å². The molecule has 3 aliphatic heterocycles. The van der Waals surface area contributed by atoms with Gasteiger partial charge in [-0.15, -0.1) is 0 Å². The number of carbonyl (C=O) groups is 1. The largest absolute Gasteiger partial charge is 0.348 e. The van der Waals surface area contributed by atoms with Gasteiger partial charge >= 0.3 is 0 Å². The second-order valence-electron chi connectivity index (χ2n) is 11.4. The number of likely N-dealkylation sites (tertiary alicyclic amines) is 1. The fourth-order valence-corrected chi connectivity index (χ4v) is 6.72. The van der Waals surface area contributed by atoms with Gasteiger partial charge in [-0.2, -0.15) is 0 Å². The van der Waals surface area contributed by atoms with Crippen molar-refractivity contribution in [1.82, 2.24) is 20.4 Å². The molecule has 0 aliphatic carbocycles. The molecule has 39 heavy (non-hydrogen) atoms. The zero-order valence-electron chi connectivity index (χ0n) is 23.0. The first-order valence-electron chi connectivity index (χ1n) is 14.7. The number of nitrogens with zero attached hydrogens (tertiary/aromatic N) is 2. The minimum Gasteiger partial charge on any atom is -0.348 e. The van der Waals surface area contributed by atoms with Crippen LogP contribution in [0, 0.1) is 0 Å². The summed E-state index contributed by atoms with van der Waals surface area (Å²) in [6.45, 7) is 8.19. The third kappa shape index (κ3) is 7.16. The third-order valence-corrected chi connectivity index (χ3v) is 9.41. The van der Waals surface area contributed by atoms with Crippen molar-refractivity contribution in [3.05, 3.63) is 69.7 Å². The van der Waals surface area contributed by atoms with Crippen LogP contribution < -0.4 is 10.6 Å². The monoisotopic (exact) mass is 572 g/mol. The van der Waals surface area contributed by atoms with Crippen LogP contribution in [0.4, 0.5) is 0 Å². The van der Waals surface area contributed by atoms with Crippen molar-refractivity contribution in [3.63, 3.8) is 0 Å². The van der Waals surface area contributed by atoms with Crippen molar-refractivity contribution < 1.29 is 9.53 Å². The molecule has 4 atom stereocenters. The molecule has 5 rings (SSSR count). The Labute approximate surface area is 243 Å². The molecule has 2 aromatic carbocycles. The summed E-state index contributed by atoms with van der Waals surface area (Å²) in [4.78, 5) is 18.1. The molecule has 2 bridgehead atoms. The molecule has 3 aliphatic rings. The number of hydrogen-bond donors (Lipinski definition) is 2. The lowest BCUT2D eigenvalue weighted by atomic mass is 9.95. The average Bonchev–Trinajstić information content (AvgIpc) is 3.26. The highest BCUT2D eigenvalue weighted by molar-refractivity contribution is 6.42. The van der Waals surface area contributed by atoms with Gasteiger partial charge in [-0.1, -0.05) is 66.9 Å². The Morgan fingerprint density at radius 3 is 2.64 bits per heavy atom. The Balaban J connectivity index is 1.25. The molecule has 0 saturated carbocycles. The Hall–Kier alpha value is -1.67. The number of hydrogen-bond acceptors (Lipinski definition) is 5. The van der Waals surface area contributed by atoms with Gasteiger partial charge in [0.2, 0.25) is 0 Å². The van der Waals surface area contributed by atoms with E-state index in [2.05, 4.69) is 57.7 Å². The van der Waals surface area contributed by atoms with Crippen molar-refractivity contribution in [2.45, 2.75) is 75.8 Å². The molecule has 6 nitrogen and oxygen atoms in total. The predicted octanol–water partition coefficient (Wildman–Crippen LogP) is 5.90. The molecular weight excluding hydrogens is 531 g/mol. The lowest BCUT2D eigenvalue weighted by molar-refractivity contribution is -0.155. The van der Waals surface area contributed by atoms with Gasteiger partial charge in [0.15, 0.2) is 0 Å². The molecule has 2 aromatic rings. The molecule has 3 heterocycles. The van der Waals surface area contributed by atoms with Crippen LogP contribution in [0.25, 0.3) is 0 Å². The van der Waals surface area contributed by atoms with Crippen LogP contribution in [-0.4, -0.2) is 73.0 Å². The number of nitrogens with one attached hydrogen (secondary N) is 2. The summed E-state index contributed by atoms with van der Waals surface area (Å²) >= 11 is 12.2. The summed E-state index contributed by atoms with van der Waals surface area (Å²) in [6, 6.07) is 16.0. The normalized spacial score (nSPS) is 26.4. The standard InChI is InChI=1S/C31H42Cl2N4O2/c1-2-23(24-10-5-3-6-11-24)21-37-19-15-31(22-34-29(38)25-13-14-26(32)27(33)20-25)35-28(30(37)39-31)12-9-18-36-16-7-4-8-17-36/h3,5-6,10-11,13-14,20,23,28,30,35H,2,4,7-9,12,15-19,21-22H2,1H3,(H,34,38)/t23-,28+,30?,31?/m1/s1. The number of amides is 1. The third-order valence-electron chi connectivity index (χ3n) is 8.67. The first kappa shape index (κ1) is 28.8. The van der Waals surface area contributed by atoms with E-state index in [9.17, 15) is 4.79 Å². The number of halogens is 2. The number of fused-ring (bicyclic) bond motifs is 2. The van der Waals surface area contributed by atoms with Gasteiger partial charge in [-0.3, -0.25) is 15.0 Å². The van der Waals surface area contributed by atoms with Gasteiger partial charge in [0.25, 0.3) is 5.91 Å². The Kier molecular flexibility index (Phi) is 9.86. The van der Waals surface area contributed by atoms with E-state index >= 15 is 0 Å². The molecular formula is C31H42Cl2N4O2. The smallest absolute Gasteiger partial charge is 0.251 e. The van der Waals surface area contributed by atoms with Gasteiger partial charge in [0, 0.05) is 31.1 Å². The van der Waals surface area contributed by atoms with Gasteiger partial charge in [0.1, 0.15) is 12.0 Å². The molecule has 0 spiro atoms. The summed E-state index contributed by atoms with van der Waals surface area (Å²) in [6.07, 6.45) is 8.11. The second-order valence-corrected chi connectivity index (χ2v) is 12.2. The van der Waals surface area contributed by atoms with Crippen LogP contribution in [0.15, 0.2) is 48.5 Å². The Bertz CT molecular complexity index is 1100. The van der Waals surface area contributed by atoms with E-state index in [1.807, 2.05) is 0 Å². The van der Waals surface area contributed by atoms with Crippen molar-refractivity contribution >= 4 is 29.1 Å². The molecule has 2 N–H and O–H groups in total. The average molecular weight is 574 g/mol. The van der Waals surface area contributed by atoms with E-state index in [0.29, 0.717) is 28.1 Å². The van der Waals surface area contributed by atoms with Crippen molar-refractivity contribution in [2.24, 2.45) is 0 Å². The number of carbonyl (C=O) groups excluding carboxylic acids is 1. The van der Waals surface area contributed by atoms with Gasteiger partial charge in [-0.05, 0) is 81.4 Å². The minimum absolute atomic E-state index is 0.000235. The van der Waals surface area contributed by atoms with Crippen LogP contribution in [0.2, 0.25) is 10.0 Å². The van der Waals surface area contributed by atoms with Crippen LogP contribution in [0.5, 0.6) is 0 Å². The molecule has 8 heteroatoms. The highest BCUT2D eigenvalue weighted by atomic mass is 35.5. The highest BCUT2D eigenvalue weighted by Gasteiger charge is 2.51. The van der Waals surface area contributed by atoms with Crippen molar-refractivity contribution in [3.8, 4) is 0 Å². The molecule has 3 saturated heterocycles. The van der Waals surface area contributed by atoms with Gasteiger partial charge in [-0.25, -0.2) is 0 Å². The fraction of sp³-hybridized carbons (Fsp3) is 0.581. The summed E-state index contributed by atoms with van der Waals surface area (Å²) in [7, 11) is 0. The van der Waals surface area contributed by atoms with Gasteiger partial charge < -0.3 is 15.0 Å². The SMILES string of the molecule is CC[C@H](CN1CCC2(CNC(=O)c3ccc(Cl)c(Cl)c3)N[C@@H](CCCN3CCCCC3)C1O2)c1ccccc1. The zero-order chi connectivity index (χ0) is 27.2. The summed E-state index contributed by atoms with van der Waals surface area (Å²) in [5.74, 6) is 0.294. The van der Waals surface area contributed by atoms with Crippen LogP contribution in [-0.2, 0) is 4.74 Å². The molecule has 0 aromatic heterocycles. The highest BCUT2D eigenvalue weighted by Crippen LogP contribution is 2.36. The van der Waals surface area contributed by atoms with E-state index in [1.54, 1.807) is 18.2 Å². The van der Waals surface area contributed by atoms with E-state index < -0.39 is 5.72 Å². The lowest BCUT2D eigenvalue weighted by Gasteiger charge is -2.41. The second kappa shape index (κ2) is 13.3.